The fraction of sp³-hybridized carbons (Fsp3) is 0.455. The van der Waals surface area contributed by atoms with E-state index in [1.54, 1.807) is 25.3 Å². The zero-order valence-electron chi connectivity index (χ0n) is 17.4. The second-order valence-corrected chi connectivity index (χ2v) is 7.02. The molecule has 3 rings (SSSR count). The van der Waals surface area contributed by atoms with Crippen molar-refractivity contribution in [3.63, 3.8) is 0 Å². The molecule has 1 aromatic carbocycles. The average molecular weight is 399 g/mol. The van der Waals surface area contributed by atoms with Gasteiger partial charge < -0.3 is 24.0 Å². The molecule has 1 aromatic heterocycles. The number of hydrogen-bond acceptors (Lipinski definition) is 6. The van der Waals surface area contributed by atoms with Gasteiger partial charge in [0.1, 0.15) is 5.82 Å². The number of anilines is 1. The van der Waals surface area contributed by atoms with Crippen molar-refractivity contribution >= 4 is 11.7 Å². The van der Waals surface area contributed by atoms with E-state index in [1.807, 2.05) is 37.4 Å². The van der Waals surface area contributed by atoms with Gasteiger partial charge in [-0.2, -0.15) is 0 Å². The number of pyridine rings is 1. The lowest BCUT2D eigenvalue weighted by atomic mass is 10.1. The molecule has 1 amide bonds. The fourth-order valence-corrected chi connectivity index (χ4v) is 3.37. The van der Waals surface area contributed by atoms with Crippen molar-refractivity contribution in [1.82, 2.24) is 9.88 Å². The standard InChI is InChI=1S/C22H29N3O4/c1-24(10-4-5-17-6-8-19(27-2)20(15-17)28-3)22(26)18-7-9-21(23-16-18)25-11-13-29-14-12-25/h6-9,15-16H,4-5,10-14H2,1-3H3. The summed E-state index contributed by atoms with van der Waals surface area (Å²) in [5.41, 5.74) is 1.76. The number of carbonyl (C=O) groups is 1. The maximum atomic E-state index is 12.7. The molecule has 0 bridgehead atoms. The highest BCUT2D eigenvalue weighted by Crippen LogP contribution is 2.28. The Morgan fingerprint density at radius 3 is 2.55 bits per heavy atom. The lowest BCUT2D eigenvalue weighted by Crippen LogP contribution is -2.36. The summed E-state index contributed by atoms with van der Waals surface area (Å²) in [5.74, 6) is 2.32. The van der Waals surface area contributed by atoms with Gasteiger partial charge in [-0.3, -0.25) is 4.79 Å². The normalized spacial score (nSPS) is 13.8. The molecule has 0 atom stereocenters. The van der Waals surface area contributed by atoms with Crippen LogP contribution in [0.1, 0.15) is 22.3 Å². The summed E-state index contributed by atoms with van der Waals surface area (Å²) in [7, 11) is 5.08. The van der Waals surface area contributed by atoms with Crippen molar-refractivity contribution in [2.45, 2.75) is 12.8 Å². The summed E-state index contributed by atoms with van der Waals surface area (Å²) < 4.78 is 16.0. The molecule has 0 N–H and O–H groups in total. The second kappa shape index (κ2) is 10.1. The molecular weight excluding hydrogens is 370 g/mol. The molecule has 2 aromatic rings. The van der Waals surface area contributed by atoms with E-state index in [1.165, 1.54) is 0 Å². The molecule has 7 heteroatoms. The van der Waals surface area contributed by atoms with Gasteiger partial charge in [0.15, 0.2) is 11.5 Å². The lowest BCUT2D eigenvalue weighted by molar-refractivity contribution is 0.0793. The third-order valence-electron chi connectivity index (χ3n) is 5.08. The van der Waals surface area contributed by atoms with Crippen molar-refractivity contribution in [2.75, 3.05) is 59.0 Å². The topological polar surface area (TPSA) is 64.1 Å². The number of aromatic nitrogens is 1. The van der Waals surface area contributed by atoms with Crippen molar-refractivity contribution in [1.29, 1.82) is 0 Å². The number of rotatable bonds is 8. The fourth-order valence-electron chi connectivity index (χ4n) is 3.37. The average Bonchev–Trinajstić information content (AvgIpc) is 2.79. The first-order chi connectivity index (χ1) is 14.1. The molecular formula is C22H29N3O4. The highest BCUT2D eigenvalue weighted by atomic mass is 16.5. The largest absolute Gasteiger partial charge is 0.493 e. The van der Waals surface area contributed by atoms with E-state index in [-0.39, 0.29) is 5.91 Å². The maximum Gasteiger partial charge on any atom is 0.255 e. The van der Waals surface area contributed by atoms with Crippen molar-refractivity contribution in [3.05, 3.63) is 47.7 Å². The quantitative estimate of drug-likeness (QED) is 0.680. The summed E-state index contributed by atoms with van der Waals surface area (Å²) in [6.45, 7) is 3.75. The first-order valence-corrected chi connectivity index (χ1v) is 9.87. The van der Waals surface area contributed by atoms with Gasteiger partial charge >= 0.3 is 0 Å². The Hall–Kier alpha value is -2.80. The molecule has 0 saturated carbocycles. The summed E-state index contributed by atoms with van der Waals surface area (Å²) in [5, 5.41) is 0. The zero-order valence-corrected chi connectivity index (χ0v) is 17.4. The number of aryl methyl sites for hydroxylation is 1. The van der Waals surface area contributed by atoms with E-state index >= 15 is 0 Å². The molecule has 156 valence electrons. The number of carbonyl (C=O) groups excluding carboxylic acids is 1. The molecule has 7 nitrogen and oxygen atoms in total. The number of nitrogens with zero attached hydrogens (tertiary/aromatic N) is 3. The first kappa shape index (κ1) is 20.9. The predicted molar refractivity (Wildman–Crippen MR) is 112 cm³/mol. The minimum absolute atomic E-state index is 0.0154. The summed E-state index contributed by atoms with van der Waals surface area (Å²) >= 11 is 0. The summed E-state index contributed by atoms with van der Waals surface area (Å²) in [6, 6.07) is 9.68. The third kappa shape index (κ3) is 5.38. The molecule has 0 unspecified atom stereocenters. The predicted octanol–water partition coefficient (Wildman–Crippen LogP) is 2.64. The Morgan fingerprint density at radius 1 is 1.14 bits per heavy atom. The monoisotopic (exact) mass is 399 g/mol. The lowest BCUT2D eigenvalue weighted by Gasteiger charge is -2.27. The van der Waals surface area contributed by atoms with Gasteiger partial charge in [0.05, 0.1) is 33.0 Å². The molecule has 1 fully saturated rings. The van der Waals surface area contributed by atoms with Crippen LogP contribution in [0.2, 0.25) is 0 Å². The number of hydrogen-bond donors (Lipinski definition) is 0. The van der Waals surface area contributed by atoms with Crippen LogP contribution in [0.5, 0.6) is 11.5 Å². The third-order valence-corrected chi connectivity index (χ3v) is 5.08. The number of benzene rings is 1. The van der Waals surface area contributed by atoms with E-state index in [4.69, 9.17) is 14.2 Å². The van der Waals surface area contributed by atoms with Gasteiger partial charge in [0.25, 0.3) is 5.91 Å². The Morgan fingerprint density at radius 2 is 1.90 bits per heavy atom. The van der Waals surface area contributed by atoms with Crippen LogP contribution in [0.15, 0.2) is 36.5 Å². The Bertz CT molecular complexity index is 804. The Kier molecular flexibility index (Phi) is 7.30. The smallest absolute Gasteiger partial charge is 0.255 e. The zero-order chi connectivity index (χ0) is 20.6. The molecule has 29 heavy (non-hydrogen) atoms. The summed E-state index contributed by atoms with van der Waals surface area (Å²) in [6.07, 6.45) is 3.38. The number of methoxy groups -OCH3 is 2. The van der Waals surface area contributed by atoms with Crippen LogP contribution in [0, 0.1) is 0 Å². The van der Waals surface area contributed by atoms with Crippen LogP contribution in [-0.2, 0) is 11.2 Å². The Labute approximate surface area is 172 Å². The highest BCUT2D eigenvalue weighted by Gasteiger charge is 2.15. The maximum absolute atomic E-state index is 12.7. The minimum atomic E-state index is -0.0154. The van der Waals surface area contributed by atoms with Crippen LogP contribution in [-0.4, -0.2) is 69.9 Å². The SMILES string of the molecule is COc1ccc(CCCN(C)C(=O)c2ccc(N3CCOCC3)nc2)cc1OC. The molecule has 1 aliphatic rings. The minimum Gasteiger partial charge on any atom is -0.493 e. The molecule has 1 saturated heterocycles. The van der Waals surface area contributed by atoms with E-state index in [9.17, 15) is 4.79 Å². The molecule has 0 radical (unpaired) electrons. The van der Waals surface area contributed by atoms with Crippen LogP contribution in [0.25, 0.3) is 0 Å². The van der Waals surface area contributed by atoms with Crippen molar-refractivity contribution in [3.8, 4) is 11.5 Å². The van der Waals surface area contributed by atoms with Crippen molar-refractivity contribution in [2.24, 2.45) is 0 Å². The number of ether oxygens (including phenoxy) is 3. The van der Waals surface area contributed by atoms with E-state index in [2.05, 4.69) is 9.88 Å². The van der Waals surface area contributed by atoms with Gasteiger partial charge in [0.2, 0.25) is 0 Å². The van der Waals surface area contributed by atoms with Gasteiger partial charge in [-0.25, -0.2) is 4.98 Å². The molecule has 0 spiro atoms. The number of morpholine rings is 1. The summed E-state index contributed by atoms with van der Waals surface area (Å²) in [4.78, 5) is 21.1. The molecule has 0 aliphatic carbocycles. The number of amides is 1. The van der Waals surface area contributed by atoms with Crippen LogP contribution in [0.4, 0.5) is 5.82 Å². The van der Waals surface area contributed by atoms with Crippen LogP contribution >= 0.6 is 0 Å². The molecule has 1 aliphatic heterocycles. The Balaban J connectivity index is 1.51. The second-order valence-electron chi connectivity index (χ2n) is 7.02. The highest BCUT2D eigenvalue weighted by molar-refractivity contribution is 5.93. The van der Waals surface area contributed by atoms with Gasteiger partial charge in [-0.15, -0.1) is 0 Å². The van der Waals surface area contributed by atoms with Crippen LogP contribution in [0.3, 0.4) is 0 Å². The van der Waals surface area contributed by atoms with E-state index < -0.39 is 0 Å². The molecule has 2 heterocycles. The van der Waals surface area contributed by atoms with Gasteiger partial charge in [-0.1, -0.05) is 6.07 Å². The van der Waals surface area contributed by atoms with E-state index in [0.717, 1.165) is 48.8 Å². The van der Waals surface area contributed by atoms with Crippen molar-refractivity contribution < 1.29 is 19.0 Å². The van der Waals surface area contributed by atoms with Gasteiger partial charge in [0, 0.05) is 32.9 Å². The first-order valence-electron chi connectivity index (χ1n) is 9.87. The van der Waals surface area contributed by atoms with E-state index in [0.29, 0.717) is 25.3 Å². The van der Waals surface area contributed by atoms with Gasteiger partial charge in [-0.05, 0) is 42.7 Å². The van der Waals surface area contributed by atoms with Crippen LogP contribution < -0.4 is 14.4 Å².